The molecular weight excluding hydrogens is 222 g/mol. The second-order valence-electron chi connectivity index (χ2n) is 3.47. The second kappa shape index (κ2) is 7.29. The number of hydrogen-bond acceptors (Lipinski definition) is 6. The van der Waals surface area contributed by atoms with Crippen molar-refractivity contribution in [2.24, 2.45) is 5.84 Å². The smallest absolute Gasteiger partial charge is 0.148 e. The minimum absolute atomic E-state index is 0.668. The number of thioether (sulfide) groups is 1. The molecule has 1 rings (SSSR count). The fraction of sp³-hybridized carbons (Fsp3) is 0.600. The van der Waals surface area contributed by atoms with Crippen LogP contribution in [0.25, 0.3) is 0 Å². The molecule has 0 saturated carbocycles. The molecule has 0 amide bonds. The largest absolute Gasteiger partial charge is 0.370 e. The van der Waals surface area contributed by atoms with Gasteiger partial charge in [0.1, 0.15) is 18.0 Å². The molecule has 4 N–H and O–H groups in total. The summed E-state index contributed by atoms with van der Waals surface area (Å²) in [7, 11) is 0. The average Bonchev–Trinajstić information content (AvgIpc) is 2.31. The van der Waals surface area contributed by atoms with Crippen LogP contribution in [0.15, 0.2) is 6.33 Å². The van der Waals surface area contributed by atoms with Gasteiger partial charge in [-0.25, -0.2) is 15.8 Å². The first-order chi connectivity index (χ1) is 7.79. The summed E-state index contributed by atoms with van der Waals surface area (Å²) in [5, 5.41) is 3.29. The van der Waals surface area contributed by atoms with E-state index in [1.54, 1.807) is 0 Å². The molecule has 90 valence electrons. The molecule has 1 heterocycles. The van der Waals surface area contributed by atoms with E-state index in [0.29, 0.717) is 5.82 Å². The molecule has 0 atom stereocenters. The monoisotopic (exact) mass is 241 g/mol. The summed E-state index contributed by atoms with van der Waals surface area (Å²) in [6.07, 6.45) is 6.00. The van der Waals surface area contributed by atoms with Crippen molar-refractivity contribution in [3.63, 3.8) is 0 Å². The highest BCUT2D eigenvalue weighted by molar-refractivity contribution is 7.98. The number of aromatic nitrogens is 2. The van der Waals surface area contributed by atoms with E-state index in [0.717, 1.165) is 24.3 Å². The lowest BCUT2D eigenvalue weighted by atomic mass is 10.3. The molecule has 0 spiro atoms. The van der Waals surface area contributed by atoms with Crippen LogP contribution in [0.2, 0.25) is 0 Å². The van der Waals surface area contributed by atoms with Crippen LogP contribution in [0.3, 0.4) is 0 Å². The molecule has 0 saturated heterocycles. The second-order valence-corrected chi connectivity index (χ2v) is 4.45. The predicted molar refractivity (Wildman–Crippen MR) is 70.7 cm³/mol. The first kappa shape index (κ1) is 13.1. The number of anilines is 2. The van der Waals surface area contributed by atoms with Crippen molar-refractivity contribution in [3.8, 4) is 0 Å². The molecule has 0 aliphatic carbocycles. The molecule has 6 heteroatoms. The van der Waals surface area contributed by atoms with Gasteiger partial charge in [0, 0.05) is 12.1 Å². The topological polar surface area (TPSA) is 75.9 Å². The molecule has 0 aliphatic rings. The standard InChI is InChI=1S/C10H19N5S/c1-8-9(12-5-3-4-6-16-2)13-7-14-10(8)15-11/h7H,3-6,11H2,1-2H3,(H2,12,13,14,15). The Morgan fingerprint density at radius 2 is 2.06 bits per heavy atom. The number of hydrazine groups is 1. The van der Waals surface area contributed by atoms with Gasteiger partial charge >= 0.3 is 0 Å². The molecule has 0 radical (unpaired) electrons. The molecule has 0 unspecified atom stereocenters. The van der Waals surface area contributed by atoms with Crippen LogP contribution >= 0.6 is 11.8 Å². The summed E-state index contributed by atoms with van der Waals surface area (Å²) in [4.78, 5) is 8.21. The lowest BCUT2D eigenvalue weighted by Gasteiger charge is -2.10. The zero-order valence-electron chi connectivity index (χ0n) is 9.79. The van der Waals surface area contributed by atoms with Gasteiger partial charge < -0.3 is 10.7 Å². The summed E-state index contributed by atoms with van der Waals surface area (Å²) in [6, 6.07) is 0. The van der Waals surface area contributed by atoms with Crippen LogP contribution in [-0.4, -0.2) is 28.5 Å². The molecule has 0 fully saturated rings. The van der Waals surface area contributed by atoms with Gasteiger partial charge in [-0.3, -0.25) is 0 Å². The fourth-order valence-corrected chi connectivity index (χ4v) is 1.84. The first-order valence-electron chi connectivity index (χ1n) is 5.30. The van der Waals surface area contributed by atoms with Gasteiger partial charge in [-0.05, 0) is 31.8 Å². The Labute approximate surface area is 101 Å². The molecule has 0 aliphatic heterocycles. The van der Waals surface area contributed by atoms with Crippen molar-refractivity contribution < 1.29 is 0 Å². The highest BCUT2D eigenvalue weighted by Gasteiger charge is 2.04. The van der Waals surface area contributed by atoms with Crippen LogP contribution < -0.4 is 16.6 Å². The number of nitrogen functional groups attached to an aromatic ring is 1. The molecule has 1 aromatic heterocycles. The van der Waals surface area contributed by atoms with Crippen molar-refractivity contribution in [2.45, 2.75) is 19.8 Å². The number of nitrogens with zero attached hydrogens (tertiary/aromatic N) is 2. The zero-order chi connectivity index (χ0) is 11.8. The van der Waals surface area contributed by atoms with Crippen molar-refractivity contribution in [1.82, 2.24) is 9.97 Å². The number of nitrogens with one attached hydrogen (secondary N) is 2. The fourth-order valence-electron chi connectivity index (χ4n) is 1.35. The Hall–Kier alpha value is -1.01. The van der Waals surface area contributed by atoms with Gasteiger partial charge in [0.2, 0.25) is 0 Å². The SMILES string of the molecule is CSCCCCNc1ncnc(NN)c1C. The number of nitrogens with two attached hydrogens (primary N) is 1. The number of unbranched alkanes of at least 4 members (excludes halogenated alkanes) is 1. The van der Waals surface area contributed by atoms with E-state index in [-0.39, 0.29) is 0 Å². The average molecular weight is 241 g/mol. The van der Waals surface area contributed by atoms with E-state index < -0.39 is 0 Å². The van der Waals surface area contributed by atoms with Crippen molar-refractivity contribution in [1.29, 1.82) is 0 Å². The van der Waals surface area contributed by atoms with Gasteiger partial charge in [-0.2, -0.15) is 11.8 Å². The Morgan fingerprint density at radius 1 is 1.31 bits per heavy atom. The predicted octanol–water partition coefficient (Wildman–Crippen LogP) is 1.63. The van der Waals surface area contributed by atoms with Gasteiger partial charge in [0.05, 0.1) is 0 Å². The summed E-state index contributed by atoms with van der Waals surface area (Å²) >= 11 is 1.88. The summed E-state index contributed by atoms with van der Waals surface area (Å²) < 4.78 is 0. The Balaban J connectivity index is 2.41. The maximum atomic E-state index is 5.34. The van der Waals surface area contributed by atoms with Crippen LogP contribution in [0.4, 0.5) is 11.6 Å². The van der Waals surface area contributed by atoms with Crippen LogP contribution in [-0.2, 0) is 0 Å². The lowest BCUT2D eigenvalue weighted by molar-refractivity contribution is 0.837. The van der Waals surface area contributed by atoms with Crippen molar-refractivity contribution >= 4 is 23.4 Å². The molecule has 0 aromatic carbocycles. The van der Waals surface area contributed by atoms with E-state index in [1.165, 1.54) is 18.5 Å². The Morgan fingerprint density at radius 3 is 2.75 bits per heavy atom. The third kappa shape index (κ3) is 3.86. The summed E-state index contributed by atoms with van der Waals surface area (Å²) in [5.74, 6) is 8.07. The molecule has 5 nitrogen and oxygen atoms in total. The minimum Gasteiger partial charge on any atom is -0.370 e. The number of rotatable bonds is 7. The van der Waals surface area contributed by atoms with Crippen LogP contribution in [0.5, 0.6) is 0 Å². The molecule has 1 aromatic rings. The third-order valence-corrected chi connectivity index (χ3v) is 2.99. The van der Waals surface area contributed by atoms with E-state index in [1.807, 2.05) is 18.7 Å². The van der Waals surface area contributed by atoms with E-state index >= 15 is 0 Å². The van der Waals surface area contributed by atoms with Crippen LogP contribution in [0.1, 0.15) is 18.4 Å². The minimum atomic E-state index is 0.668. The Kier molecular flexibility index (Phi) is 5.95. The normalized spacial score (nSPS) is 10.2. The maximum Gasteiger partial charge on any atom is 0.148 e. The first-order valence-corrected chi connectivity index (χ1v) is 6.70. The molecular formula is C10H19N5S. The zero-order valence-corrected chi connectivity index (χ0v) is 10.6. The van der Waals surface area contributed by atoms with E-state index in [9.17, 15) is 0 Å². The Bertz CT molecular complexity index is 318. The van der Waals surface area contributed by atoms with Crippen LogP contribution in [0, 0.1) is 6.92 Å². The molecule has 0 bridgehead atoms. The summed E-state index contributed by atoms with van der Waals surface area (Å²) in [5.41, 5.74) is 3.51. The van der Waals surface area contributed by atoms with E-state index in [4.69, 9.17) is 5.84 Å². The molecule has 16 heavy (non-hydrogen) atoms. The highest BCUT2D eigenvalue weighted by atomic mass is 32.2. The number of hydrogen-bond donors (Lipinski definition) is 3. The van der Waals surface area contributed by atoms with Gasteiger partial charge in [0.15, 0.2) is 0 Å². The van der Waals surface area contributed by atoms with Gasteiger partial charge in [-0.1, -0.05) is 0 Å². The quantitative estimate of drug-likeness (QED) is 0.383. The van der Waals surface area contributed by atoms with Crippen molar-refractivity contribution in [3.05, 3.63) is 11.9 Å². The summed E-state index contributed by atoms with van der Waals surface area (Å²) in [6.45, 7) is 2.88. The van der Waals surface area contributed by atoms with Crippen molar-refractivity contribution in [2.75, 3.05) is 29.3 Å². The third-order valence-electron chi connectivity index (χ3n) is 2.29. The van der Waals surface area contributed by atoms with Gasteiger partial charge in [-0.15, -0.1) is 0 Å². The highest BCUT2D eigenvalue weighted by Crippen LogP contribution is 2.16. The van der Waals surface area contributed by atoms with E-state index in [2.05, 4.69) is 27.0 Å². The lowest BCUT2D eigenvalue weighted by Crippen LogP contribution is -2.13. The maximum absolute atomic E-state index is 5.34. The van der Waals surface area contributed by atoms with Gasteiger partial charge in [0.25, 0.3) is 0 Å².